The first-order valence-corrected chi connectivity index (χ1v) is 10.9. The molecular formula is C26H25F2N3O5. The number of amides is 1. The number of carbonyl (C=O) groups excluding carboxylic acids is 1. The zero-order valence-electron chi connectivity index (χ0n) is 19.4. The van der Waals surface area contributed by atoms with Gasteiger partial charge in [0.2, 0.25) is 6.54 Å². The highest BCUT2D eigenvalue weighted by Gasteiger charge is 2.46. The highest BCUT2D eigenvalue weighted by molar-refractivity contribution is 5.73. The van der Waals surface area contributed by atoms with Gasteiger partial charge in [-0.05, 0) is 48.1 Å². The van der Waals surface area contributed by atoms with E-state index in [9.17, 15) is 23.7 Å². The topological polar surface area (TPSA) is 108 Å². The maximum Gasteiger partial charge on any atom is 0.430 e. The molecule has 1 aliphatic heterocycles. The number of ether oxygens (including phenoxy) is 2. The average Bonchev–Trinajstić information content (AvgIpc) is 2.85. The second-order valence-electron chi connectivity index (χ2n) is 7.99. The van der Waals surface area contributed by atoms with E-state index in [0.717, 1.165) is 23.2 Å². The van der Waals surface area contributed by atoms with Crippen LogP contribution >= 0.6 is 0 Å². The minimum absolute atomic E-state index is 0.0298. The number of carbonyl (C=O) groups is 1. The van der Waals surface area contributed by atoms with Gasteiger partial charge in [0.15, 0.2) is 0 Å². The number of hydrogen-bond acceptors (Lipinski definition) is 6. The number of halogens is 2. The Morgan fingerprint density at radius 3 is 2.78 bits per heavy atom. The summed E-state index contributed by atoms with van der Waals surface area (Å²) in [7, 11) is 0. The summed E-state index contributed by atoms with van der Waals surface area (Å²) in [6.45, 7) is 7.18. The van der Waals surface area contributed by atoms with Crippen LogP contribution in [0.1, 0.15) is 24.0 Å². The van der Waals surface area contributed by atoms with Crippen molar-refractivity contribution in [3.63, 3.8) is 0 Å². The molecule has 2 aromatic carbocycles. The Kier molecular flexibility index (Phi) is 8.34. The smallest absolute Gasteiger partial charge is 0.430 e. The fourth-order valence-corrected chi connectivity index (χ4v) is 4.00. The largest absolute Gasteiger partial charge is 0.493 e. The minimum atomic E-state index is -1.29. The fourth-order valence-electron chi connectivity index (χ4n) is 4.00. The highest BCUT2D eigenvalue weighted by atomic mass is 19.1. The van der Waals surface area contributed by atoms with Crippen LogP contribution in [0.3, 0.4) is 0 Å². The van der Waals surface area contributed by atoms with Gasteiger partial charge in [0.1, 0.15) is 23.1 Å². The molecule has 1 amide bonds. The van der Waals surface area contributed by atoms with Gasteiger partial charge in [-0.3, -0.25) is 10.1 Å². The molecule has 36 heavy (non-hydrogen) atoms. The molecule has 2 N–H and O–H groups in total. The predicted molar refractivity (Wildman–Crippen MR) is 130 cm³/mol. The van der Waals surface area contributed by atoms with Crippen LogP contribution in [0.4, 0.5) is 13.6 Å². The molecule has 0 saturated heterocycles. The number of allylic oxidation sites excluding steroid dienone is 3. The predicted octanol–water partition coefficient (Wildman–Crippen LogP) is 5.26. The molecule has 3 rings (SSSR count). The number of nitrogens with two attached hydrogens (primary N) is 1. The molecule has 0 fully saturated rings. The van der Waals surface area contributed by atoms with E-state index in [1.165, 1.54) is 24.3 Å². The SMILES string of the molecule is C=C/C=C(\C=C/C[N+](=O)[O-])OC(=O)N(N)C1(CC(=C)c2cc(F)ccc2F)CCOc2ccccc21. The Balaban J connectivity index is 1.99. The van der Waals surface area contributed by atoms with Crippen molar-refractivity contribution in [2.24, 2.45) is 5.84 Å². The summed E-state index contributed by atoms with van der Waals surface area (Å²) in [5, 5.41) is 11.5. The molecule has 1 atom stereocenters. The third kappa shape index (κ3) is 5.84. The van der Waals surface area contributed by atoms with Crippen molar-refractivity contribution in [3.8, 4) is 5.75 Å². The summed E-state index contributed by atoms with van der Waals surface area (Å²) in [6, 6.07) is 9.93. The molecular weight excluding hydrogens is 472 g/mol. The summed E-state index contributed by atoms with van der Waals surface area (Å²) in [5.41, 5.74) is -0.590. The average molecular weight is 497 g/mol. The van der Waals surface area contributed by atoms with Gasteiger partial charge < -0.3 is 9.47 Å². The summed E-state index contributed by atoms with van der Waals surface area (Å²) in [6.07, 6.45) is 4.29. The maximum absolute atomic E-state index is 14.5. The molecule has 1 unspecified atom stereocenters. The molecule has 0 bridgehead atoms. The second kappa shape index (κ2) is 11.4. The van der Waals surface area contributed by atoms with E-state index in [-0.39, 0.29) is 36.3 Å². The summed E-state index contributed by atoms with van der Waals surface area (Å²) >= 11 is 0. The van der Waals surface area contributed by atoms with Gasteiger partial charge >= 0.3 is 6.09 Å². The molecule has 0 radical (unpaired) electrons. The van der Waals surface area contributed by atoms with Gasteiger partial charge in [-0.15, -0.1) is 0 Å². The molecule has 1 aliphatic rings. The van der Waals surface area contributed by atoms with Gasteiger partial charge in [0, 0.05) is 28.9 Å². The van der Waals surface area contributed by atoms with E-state index in [2.05, 4.69) is 13.2 Å². The van der Waals surface area contributed by atoms with Crippen LogP contribution in [-0.2, 0) is 10.3 Å². The van der Waals surface area contributed by atoms with E-state index >= 15 is 0 Å². The highest BCUT2D eigenvalue weighted by Crippen LogP contribution is 2.46. The summed E-state index contributed by atoms with van der Waals surface area (Å²) in [4.78, 5) is 23.3. The lowest BCUT2D eigenvalue weighted by Crippen LogP contribution is -2.56. The van der Waals surface area contributed by atoms with Crippen LogP contribution in [-0.4, -0.2) is 29.2 Å². The number of rotatable bonds is 9. The fraction of sp³-hybridized carbons (Fsp3) is 0.192. The van der Waals surface area contributed by atoms with Crippen LogP contribution in [0.5, 0.6) is 5.75 Å². The Labute approximate surface area is 206 Å². The first kappa shape index (κ1) is 26.3. The number of hydrazine groups is 1. The molecule has 2 aromatic rings. The molecule has 10 heteroatoms. The van der Waals surface area contributed by atoms with Crippen LogP contribution in [0.2, 0.25) is 0 Å². The number of nitrogens with zero attached hydrogens (tertiary/aromatic N) is 2. The normalized spacial score (nSPS) is 17.1. The van der Waals surface area contributed by atoms with Gasteiger partial charge in [-0.25, -0.2) is 24.4 Å². The Morgan fingerprint density at radius 1 is 1.31 bits per heavy atom. The van der Waals surface area contributed by atoms with E-state index in [0.29, 0.717) is 11.3 Å². The lowest BCUT2D eigenvalue weighted by atomic mass is 9.77. The molecule has 0 aromatic heterocycles. The quantitative estimate of drug-likeness (QED) is 0.126. The van der Waals surface area contributed by atoms with Gasteiger partial charge in [0.25, 0.3) is 0 Å². The third-order valence-electron chi connectivity index (χ3n) is 5.66. The van der Waals surface area contributed by atoms with Gasteiger partial charge in [-0.2, -0.15) is 0 Å². The van der Waals surface area contributed by atoms with E-state index in [4.69, 9.17) is 15.3 Å². The van der Waals surface area contributed by atoms with E-state index < -0.39 is 34.7 Å². The molecule has 8 nitrogen and oxygen atoms in total. The van der Waals surface area contributed by atoms with Crippen LogP contribution in [0, 0.1) is 21.7 Å². The number of para-hydroxylation sites is 1. The van der Waals surface area contributed by atoms with Crippen molar-refractivity contribution in [1.29, 1.82) is 0 Å². The molecule has 188 valence electrons. The number of benzene rings is 2. The monoisotopic (exact) mass is 497 g/mol. The molecule has 0 saturated carbocycles. The van der Waals surface area contributed by atoms with Crippen LogP contribution in [0.15, 0.2) is 85.7 Å². The zero-order valence-corrected chi connectivity index (χ0v) is 19.4. The van der Waals surface area contributed by atoms with Crippen molar-refractivity contribution < 1.29 is 28.0 Å². The van der Waals surface area contributed by atoms with Crippen LogP contribution < -0.4 is 10.6 Å². The Bertz CT molecular complexity index is 1240. The van der Waals surface area contributed by atoms with Gasteiger partial charge in [0.05, 0.1) is 12.1 Å². The van der Waals surface area contributed by atoms with E-state index in [1.54, 1.807) is 24.3 Å². The van der Waals surface area contributed by atoms with E-state index in [1.807, 2.05) is 0 Å². The zero-order chi connectivity index (χ0) is 26.3. The summed E-state index contributed by atoms with van der Waals surface area (Å²) < 4.78 is 39.5. The third-order valence-corrected chi connectivity index (χ3v) is 5.66. The second-order valence-corrected chi connectivity index (χ2v) is 7.99. The molecule has 0 spiro atoms. The number of fused-ring (bicyclic) bond motifs is 1. The van der Waals surface area contributed by atoms with Gasteiger partial charge in [-0.1, -0.05) is 37.4 Å². The lowest BCUT2D eigenvalue weighted by Gasteiger charge is -2.44. The van der Waals surface area contributed by atoms with Crippen molar-refractivity contribution >= 4 is 11.7 Å². The van der Waals surface area contributed by atoms with Crippen molar-refractivity contribution in [2.75, 3.05) is 13.2 Å². The molecule has 1 heterocycles. The maximum atomic E-state index is 14.5. The van der Waals surface area contributed by atoms with Crippen molar-refractivity contribution in [3.05, 3.63) is 119 Å². The summed E-state index contributed by atoms with van der Waals surface area (Å²) in [5.74, 6) is 5.49. The number of hydrogen-bond donors (Lipinski definition) is 1. The van der Waals surface area contributed by atoms with Crippen LogP contribution in [0.25, 0.3) is 5.57 Å². The first-order valence-electron chi connectivity index (χ1n) is 10.9. The standard InChI is InChI=1S/C26H25F2N3O5/c1-3-7-20(8-6-14-30(33)34)36-25(32)31(29)26(13-15-35-24-10-5-4-9-22(24)26)17-18(2)21-16-19(27)11-12-23(21)28/h3-12,16H,1-2,13-15,17,29H2/b8-6-,20-7+. The lowest BCUT2D eigenvalue weighted by molar-refractivity contribution is -0.468. The van der Waals surface area contributed by atoms with Crippen molar-refractivity contribution in [1.82, 2.24) is 5.01 Å². The minimum Gasteiger partial charge on any atom is -0.493 e. The first-order chi connectivity index (χ1) is 17.2. The Morgan fingerprint density at radius 2 is 2.06 bits per heavy atom. The Hall–Kier alpha value is -4.31. The molecule has 0 aliphatic carbocycles. The van der Waals surface area contributed by atoms with Crippen molar-refractivity contribution in [2.45, 2.75) is 18.4 Å². The number of nitro groups is 1.